The van der Waals surface area contributed by atoms with Crippen LogP contribution < -0.4 is 5.32 Å². The Morgan fingerprint density at radius 1 is 1.24 bits per heavy atom. The second-order valence-electron chi connectivity index (χ2n) is 4.80. The van der Waals surface area contributed by atoms with Crippen molar-refractivity contribution >= 4 is 23.0 Å². The van der Waals surface area contributed by atoms with Crippen molar-refractivity contribution in [3.8, 4) is 0 Å². The fourth-order valence-corrected chi connectivity index (χ4v) is 2.29. The zero-order valence-corrected chi connectivity index (χ0v) is 12.4. The summed E-state index contributed by atoms with van der Waals surface area (Å²) in [4.78, 5) is 10.5. The van der Waals surface area contributed by atoms with Gasteiger partial charge in [-0.2, -0.15) is 0 Å². The summed E-state index contributed by atoms with van der Waals surface area (Å²) in [5.41, 5.74) is 2.50. The molecule has 0 aliphatic rings. The Balaban J connectivity index is 2.25. The monoisotopic (exact) mass is 308 g/mol. The lowest BCUT2D eigenvalue weighted by molar-refractivity contribution is -0.385. The number of halogens is 2. The molecule has 0 spiro atoms. The van der Waals surface area contributed by atoms with Gasteiger partial charge in [0.15, 0.2) is 0 Å². The molecule has 0 unspecified atom stereocenters. The molecule has 0 aliphatic heterocycles. The van der Waals surface area contributed by atoms with E-state index in [-0.39, 0.29) is 18.0 Å². The number of benzene rings is 2. The molecule has 6 heteroatoms. The summed E-state index contributed by atoms with van der Waals surface area (Å²) < 4.78 is 13.6. The number of nitro benzene ring substituents is 1. The number of nitrogens with zero attached hydrogens (tertiary/aromatic N) is 1. The van der Waals surface area contributed by atoms with Crippen molar-refractivity contribution in [1.29, 1.82) is 0 Å². The summed E-state index contributed by atoms with van der Waals surface area (Å²) in [5, 5.41) is 14.4. The first-order chi connectivity index (χ1) is 9.88. The zero-order valence-electron chi connectivity index (χ0n) is 11.6. The van der Waals surface area contributed by atoms with Gasteiger partial charge in [0, 0.05) is 34.4 Å². The van der Waals surface area contributed by atoms with E-state index in [2.05, 4.69) is 5.32 Å². The van der Waals surface area contributed by atoms with Gasteiger partial charge in [-0.05, 0) is 43.7 Å². The summed E-state index contributed by atoms with van der Waals surface area (Å²) in [6.45, 7) is 3.73. The molecule has 0 fully saturated rings. The van der Waals surface area contributed by atoms with Crippen molar-refractivity contribution in [3.63, 3.8) is 0 Å². The number of nitro groups is 1. The highest BCUT2D eigenvalue weighted by Gasteiger charge is 2.13. The molecule has 2 rings (SSSR count). The molecule has 0 saturated carbocycles. The maximum absolute atomic E-state index is 13.6. The predicted molar refractivity (Wildman–Crippen MR) is 81.3 cm³/mol. The van der Waals surface area contributed by atoms with Crippen LogP contribution in [-0.2, 0) is 6.54 Å². The van der Waals surface area contributed by atoms with Crippen molar-refractivity contribution in [2.75, 3.05) is 5.32 Å². The van der Waals surface area contributed by atoms with Gasteiger partial charge in [-0.3, -0.25) is 10.1 Å². The van der Waals surface area contributed by atoms with Crippen molar-refractivity contribution in [3.05, 3.63) is 68.0 Å². The molecule has 0 bridgehead atoms. The fraction of sp³-hybridized carbons (Fsp3) is 0.200. The molecule has 0 heterocycles. The smallest absolute Gasteiger partial charge is 0.274 e. The van der Waals surface area contributed by atoms with Crippen LogP contribution in [0.5, 0.6) is 0 Å². The Hall–Kier alpha value is -2.14. The zero-order chi connectivity index (χ0) is 15.6. The standard InChI is InChI=1S/C15H14ClFN2O2/c1-9-5-10(2)15(19(20)21)7-14(9)18-8-11-6-12(16)3-4-13(11)17/h3-7,18H,8H2,1-2H3. The molecule has 110 valence electrons. The van der Waals surface area contributed by atoms with Gasteiger partial charge in [0.1, 0.15) is 5.82 Å². The molecule has 4 nitrogen and oxygen atoms in total. The van der Waals surface area contributed by atoms with Crippen LogP contribution in [0.25, 0.3) is 0 Å². The topological polar surface area (TPSA) is 55.2 Å². The lowest BCUT2D eigenvalue weighted by Crippen LogP contribution is -2.04. The van der Waals surface area contributed by atoms with E-state index in [9.17, 15) is 14.5 Å². The maximum atomic E-state index is 13.6. The van der Waals surface area contributed by atoms with E-state index in [0.717, 1.165) is 5.56 Å². The van der Waals surface area contributed by atoms with Gasteiger partial charge in [-0.25, -0.2) is 4.39 Å². The summed E-state index contributed by atoms with van der Waals surface area (Å²) in [7, 11) is 0. The first kappa shape index (κ1) is 15.3. The molecule has 2 aromatic carbocycles. The van der Waals surface area contributed by atoms with Crippen LogP contribution in [0.3, 0.4) is 0 Å². The second kappa shape index (κ2) is 6.10. The van der Waals surface area contributed by atoms with E-state index in [1.165, 1.54) is 24.3 Å². The first-order valence-corrected chi connectivity index (χ1v) is 6.69. The minimum absolute atomic E-state index is 0.0367. The highest BCUT2D eigenvalue weighted by molar-refractivity contribution is 6.30. The van der Waals surface area contributed by atoms with Crippen LogP contribution in [-0.4, -0.2) is 4.92 Å². The Morgan fingerprint density at radius 2 is 1.95 bits per heavy atom. The van der Waals surface area contributed by atoms with Crippen LogP contribution in [0.15, 0.2) is 30.3 Å². The summed E-state index contributed by atoms with van der Waals surface area (Å²) in [6.07, 6.45) is 0. The Labute approximate surface area is 126 Å². The fourth-order valence-electron chi connectivity index (χ4n) is 2.10. The van der Waals surface area contributed by atoms with Gasteiger partial charge in [-0.15, -0.1) is 0 Å². The van der Waals surface area contributed by atoms with Gasteiger partial charge in [0.2, 0.25) is 0 Å². The average Bonchev–Trinajstić information content (AvgIpc) is 2.41. The number of hydrogen-bond acceptors (Lipinski definition) is 3. The molecular formula is C15H14ClFN2O2. The quantitative estimate of drug-likeness (QED) is 0.662. The number of anilines is 1. The molecule has 0 amide bonds. The largest absolute Gasteiger partial charge is 0.380 e. The Morgan fingerprint density at radius 3 is 2.62 bits per heavy atom. The van der Waals surface area contributed by atoms with E-state index >= 15 is 0 Å². The Bertz CT molecular complexity index is 704. The molecule has 0 atom stereocenters. The van der Waals surface area contributed by atoms with Gasteiger partial charge >= 0.3 is 0 Å². The minimum atomic E-state index is -0.431. The molecule has 0 aliphatic carbocycles. The maximum Gasteiger partial charge on any atom is 0.274 e. The van der Waals surface area contributed by atoms with Crippen LogP contribution in [0.2, 0.25) is 5.02 Å². The second-order valence-corrected chi connectivity index (χ2v) is 5.24. The van der Waals surface area contributed by atoms with E-state index in [1.807, 2.05) is 6.92 Å². The van der Waals surface area contributed by atoms with Gasteiger partial charge in [0.25, 0.3) is 5.69 Å². The third-order valence-electron chi connectivity index (χ3n) is 3.22. The summed E-state index contributed by atoms with van der Waals surface area (Å²) in [6, 6.07) is 7.50. The minimum Gasteiger partial charge on any atom is -0.380 e. The first-order valence-electron chi connectivity index (χ1n) is 6.32. The molecule has 1 N–H and O–H groups in total. The van der Waals surface area contributed by atoms with Crippen molar-refractivity contribution in [2.45, 2.75) is 20.4 Å². The Kier molecular flexibility index (Phi) is 4.43. The third kappa shape index (κ3) is 3.49. The average molecular weight is 309 g/mol. The highest BCUT2D eigenvalue weighted by Crippen LogP contribution is 2.27. The normalized spacial score (nSPS) is 10.5. The van der Waals surface area contributed by atoms with Crippen LogP contribution >= 0.6 is 11.6 Å². The van der Waals surface area contributed by atoms with Gasteiger partial charge in [0.05, 0.1) is 4.92 Å². The molecule has 2 aromatic rings. The number of hydrogen-bond donors (Lipinski definition) is 1. The van der Waals surface area contributed by atoms with E-state index in [0.29, 0.717) is 21.8 Å². The number of aryl methyl sites for hydroxylation is 2. The number of rotatable bonds is 4. The lowest BCUT2D eigenvalue weighted by atomic mass is 10.1. The van der Waals surface area contributed by atoms with Crippen molar-refractivity contribution in [2.24, 2.45) is 0 Å². The third-order valence-corrected chi connectivity index (χ3v) is 3.45. The predicted octanol–water partition coefficient (Wildman–Crippen LogP) is 4.62. The van der Waals surface area contributed by atoms with Crippen LogP contribution in [0, 0.1) is 29.8 Å². The van der Waals surface area contributed by atoms with E-state index in [1.54, 1.807) is 13.0 Å². The van der Waals surface area contributed by atoms with Gasteiger partial charge in [-0.1, -0.05) is 11.6 Å². The SMILES string of the molecule is Cc1cc(C)c([N+](=O)[O-])cc1NCc1cc(Cl)ccc1F. The van der Waals surface area contributed by atoms with E-state index < -0.39 is 4.92 Å². The van der Waals surface area contributed by atoms with Crippen molar-refractivity contribution < 1.29 is 9.31 Å². The summed E-state index contributed by atoms with van der Waals surface area (Å²) >= 11 is 5.83. The molecule has 0 aromatic heterocycles. The molecular weight excluding hydrogens is 295 g/mol. The van der Waals surface area contributed by atoms with Crippen LogP contribution in [0.1, 0.15) is 16.7 Å². The number of nitrogens with one attached hydrogen (secondary N) is 1. The molecule has 0 saturated heterocycles. The molecule has 0 radical (unpaired) electrons. The lowest BCUT2D eigenvalue weighted by Gasteiger charge is -2.11. The van der Waals surface area contributed by atoms with Crippen molar-refractivity contribution in [1.82, 2.24) is 0 Å². The summed E-state index contributed by atoms with van der Waals surface area (Å²) in [5.74, 6) is -0.369. The van der Waals surface area contributed by atoms with Gasteiger partial charge < -0.3 is 5.32 Å². The van der Waals surface area contributed by atoms with Crippen LogP contribution in [0.4, 0.5) is 15.8 Å². The van der Waals surface area contributed by atoms with E-state index in [4.69, 9.17) is 11.6 Å². The highest BCUT2D eigenvalue weighted by atomic mass is 35.5. The molecule has 21 heavy (non-hydrogen) atoms.